The molecule has 2 rings (SSSR count). The van der Waals surface area contributed by atoms with E-state index in [4.69, 9.17) is 10.5 Å². The number of nitrogen functional groups attached to an aromatic ring is 1. The van der Waals surface area contributed by atoms with Crippen LogP contribution in [0.5, 0.6) is 0 Å². The molecule has 0 spiro atoms. The molecule has 0 saturated carbocycles. The highest BCUT2D eigenvalue weighted by atomic mass is 16.5. The molecule has 8 nitrogen and oxygen atoms in total. The molecule has 0 fully saturated rings. The van der Waals surface area contributed by atoms with Crippen molar-refractivity contribution in [3.63, 3.8) is 0 Å². The van der Waals surface area contributed by atoms with Gasteiger partial charge in [-0.15, -0.1) is 0 Å². The van der Waals surface area contributed by atoms with Crippen molar-refractivity contribution in [1.82, 2.24) is 9.55 Å². The van der Waals surface area contributed by atoms with Crippen LogP contribution >= 0.6 is 0 Å². The molecule has 0 radical (unpaired) electrons. The number of carbonyl (C=O) groups is 1. The third-order valence-electron chi connectivity index (χ3n) is 4.84. The largest absolute Gasteiger partial charge is 0.385 e. The second-order valence-electron chi connectivity index (χ2n) is 7.55. The Hall–Kier alpha value is -2.87. The van der Waals surface area contributed by atoms with Gasteiger partial charge in [-0.1, -0.05) is 26.0 Å². The van der Waals surface area contributed by atoms with Crippen molar-refractivity contribution in [3.8, 4) is 0 Å². The predicted molar refractivity (Wildman–Crippen MR) is 115 cm³/mol. The summed E-state index contributed by atoms with van der Waals surface area (Å²) in [5.41, 5.74) is 7.27. The van der Waals surface area contributed by atoms with Gasteiger partial charge in [-0.25, -0.2) is 4.79 Å². The van der Waals surface area contributed by atoms with Crippen LogP contribution in [0.25, 0.3) is 0 Å². The van der Waals surface area contributed by atoms with Gasteiger partial charge in [0.1, 0.15) is 5.82 Å². The molecule has 0 aliphatic rings. The maximum Gasteiger partial charge on any atom is 0.330 e. The van der Waals surface area contributed by atoms with E-state index in [0.717, 1.165) is 11.1 Å². The Bertz CT molecular complexity index is 991. The summed E-state index contributed by atoms with van der Waals surface area (Å²) in [5.74, 6) is -0.219. The number of aromatic amines is 1. The summed E-state index contributed by atoms with van der Waals surface area (Å²) in [6.45, 7) is 8.64. The first kappa shape index (κ1) is 22.4. The van der Waals surface area contributed by atoms with Crippen molar-refractivity contribution in [1.29, 1.82) is 0 Å². The summed E-state index contributed by atoms with van der Waals surface area (Å²) < 4.78 is 6.41. The quantitative estimate of drug-likeness (QED) is 0.657. The predicted octanol–water partition coefficient (Wildman–Crippen LogP) is 2.07. The van der Waals surface area contributed by atoms with Gasteiger partial charge in [0.25, 0.3) is 11.5 Å². The number of nitrogens with one attached hydrogen (secondary N) is 1. The van der Waals surface area contributed by atoms with Gasteiger partial charge in [-0.3, -0.25) is 19.1 Å². The molecule has 29 heavy (non-hydrogen) atoms. The van der Waals surface area contributed by atoms with Crippen molar-refractivity contribution < 1.29 is 9.53 Å². The molecule has 0 saturated heterocycles. The molecule has 1 heterocycles. The molecule has 8 heteroatoms. The highest BCUT2D eigenvalue weighted by Crippen LogP contribution is 2.23. The number of rotatable bonds is 8. The summed E-state index contributed by atoms with van der Waals surface area (Å²) >= 11 is 0. The zero-order valence-electron chi connectivity index (χ0n) is 17.7. The lowest BCUT2D eigenvalue weighted by Crippen LogP contribution is -2.42. The van der Waals surface area contributed by atoms with E-state index in [9.17, 15) is 14.4 Å². The lowest BCUT2D eigenvalue weighted by Gasteiger charge is -2.25. The summed E-state index contributed by atoms with van der Waals surface area (Å²) in [4.78, 5) is 42.0. The Kier molecular flexibility index (Phi) is 7.39. The van der Waals surface area contributed by atoms with Gasteiger partial charge in [0.15, 0.2) is 5.69 Å². The van der Waals surface area contributed by atoms with Crippen molar-refractivity contribution in [3.05, 3.63) is 55.7 Å². The molecular weight excluding hydrogens is 372 g/mol. The fourth-order valence-electron chi connectivity index (χ4n) is 3.19. The van der Waals surface area contributed by atoms with Gasteiger partial charge >= 0.3 is 5.69 Å². The number of hydrogen-bond donors (Lipinski definition) is 2. The number of amides is 1. The number of nitrogens with two attached hydrogens (primary N) is 1. The number of benzene rings is 1. The molecule has 0 aliphatic heterocycles. The summed E-state index contributed by atoms with van der Waals surface area (Å²) in [6.07, 6.45) is 0.509. The first-order valence-corrected chi connectivity index (χ1v) is 9.68. The molecule has 1 aromatic carbocycles. The Morgan fingerprint density at radius 1 is 1.28 bits per heavy atom. The van der Waals surface area contributed by atoms with Gasteiger partial charge in [0, 0.05) is 32.4 Å². The minimum Gasteiger partial charge on any atom is -0.385 e. The number of ether oxygens (including phenoxy) is 1. The number of carbonyl (C=O) groups excluding carboxylic acids is 1. The second kappa shape index (κ2) is 9.56. The zero-order chi connectivity index (χ0) is 21.7. The summed E-state index contributed by atoms with van der Waals surface area (Å²) in [6, 6.07) is 5.45. The lowest BCUT2D eigenvalue weighted by molar-refractivity contribution is 0.0982. The molecule has 3 N–H and O–H groups in total. The molecule has 1 amide bonds. The molecule has 0 aliphatic carbocycles. The average Bonchev–Trinajstić information content (AvgIpc) is 2.65. The fraction of sp³-hybridized carbons (Fsp3) is 0.476. The van der Waals surface area contributed by atoms with Crippen LogP contribution < -0.4 is 21.9 Å². The van der Waals surface area contributed by atoms with E-state index in [-0.39, 0.29) is 29.9 Å². The molecule has 0 unspecified atom stereocenters. The van der Waals surface area contributed by atoms with Crippen LogP contribution in [-0.4, -0.2) is 35.7 Å². The maximum absolute atomic E-state index is 13.4. The number of anilines is 2. The van der Waals surface area contributed by atoms with E-state index in [2.05, 4.69) is 4.98 Å². The summed E-state index contributed by atoms with van der Waals surface area (Å²) in [7, 11) is 1.57. The molecule has 0 atom stereocenters. The Labute approximate surface area is 170 Å². The molecule has 1 aromatic heterocycles. The maximum atomic E-state index is 13.4. The van der Waals surface area contributed by atoms with E-state index >= 15 is 0 Å². The van der Waals surface area contributed by atoms with E-state index in [0.29, 0.717) is 25.1 Å². The van der Waals surface area contributed by atoms with E-state index in [1.54, 1.807) is 19.2 Å². The Balaban J connectivity index is 2.64. The minimum atomic E-state index is -0.677. The van der Waals surface area contributed by atoms with Crippen molar-refractivity contribution in [2.45, 2.75) is 40.7 Å². The number of methoxy groups -OCH3 is 1. The standard InChI is InChI=1S/C21H30N4O4/c1-13(2)12-25-18(22)17(19(26)23-21(25)28)24(10-7-11-29-5)20(27)16-9-6-8-14(3)15(16)4/h6,8-9,13H,7,10-12,22H2,1-5H3,(H,23,26,28). The monoisotopic (exact) mass is 402 g/mol. The average molecular weight is 402 g/mol. The van der Waals surface area contributed by atoms with E-state index in [1.165, 1.54) is 9.47 Å². The summed E-state index contributed by atoms with van der Waals surface area (Å²) in [5, 5.41) is 0. The van der Waals surface area contributed by atoms with Gasteiger partial charge < -0.3 is 15.4 Å². The van der Waals surface area contributed by atoms with Crippen molar-refractivity contribution in [2.75, 3.05) is 30.9 Å². The molecule has 2 aromatic rings. The van der Waals surface area contributed by atoms with E-state index in [1.807, 2.05) is 33.8 Å². The van der Waals surface area contributed by atoms with Crippen LogP contribution in [0.3, 0.4) is 0 Å². The first-order valence-electron chi connectivity index (χ1n) is 9.68. The second-order valence-corrected chi connectivity index (χ2v) is 7.55. The molecule has 158 valence electrons. The SMILES string of the molecule is COCCCN(C(=O)c1cccc(C)c1C)c1c(N)n(CC(C)C)c(=O)[nH]c1=O. The highest BCUT2D eigenvalue weighted by Gasteiger charge is 2.26. The molecule has 0 bridgehead atoms. The third-order valence-corrected chi connectivity index (χ3v) is 4.84. The zero-order valence-corrected chi connectivity index (χ0v) is 17.7. The fourth-order valence-corrected chi connectivity index (χ4v) is 3.19. The highest BCUT2D eigenvalue weighted by molar-refractivity contribution is 6.08. The van der Waals surface area contributed by atoms with Crippen LogP contribution in [0.2, 0.25) is 0 Å². The van der Waals surface area contributed by atoms with Crippen molar-refractivity contribution in [2.24, 2.45) is 5.92 Å². The van der Waals surface area contributed by atoms with Crippen LogP contribution in [-0.2, 0) is 11.3 Å². The lowest BCUT2D eigenvalue weighted by atomic mass is 10.0. The van der Waals surface area contributed by atoms with Crippen LogP contribution in [0, 0.1) is 19.8 Å². The number of aromatic nitrogens is 2. The van der Waals surface area contributed by atoms with Gasteiger partial charge in [0.2, 0.25) is 0 Å². The van der Waals surface area contributed by atoms with Crippen molar-refractivity contribution >= 4 is 17.4 Å². The van der Waals surface area contributed by atoms with Gasteiger partial charge in [-0.2, -0.15) is 0 Å². The van der Waals surface area contributed by atoms with E-state index < -0.39 is 11.2 Å². The van der Waals surface area contributed by atoms with Crippen LogP contribution in [0.15, 0.2) is 27.8 Å². The Morgan fingerprint density at radius 2 is 1.97 bits per heavy atom. The third kappa shape index (κ3) is 4.95. The van der Waals surface area contributed by atoms with Crippen LogP contribution in [0.4, 0.5) is 11.5 Å². The van der Waals surface area contributed by atoms with Crippen LogP contribution in [0.1, 0.15) is 41.8 Å². The van der Waals surface area contributed by atoms with Gasteiger partial charge in [-0.05, 0) is 43.4 Å². The number of hydrogen-bond acceptors (Lipinski definition) is 5. The topological polar surface area (TPSA) is 110 Å². The Morgan fingerprint density at radius 3 is 2.59 bits per heavy atom. The normalized spacial score (nSPS) is 11.1. The molecular formula is C21H30N4O4. The number of aryl methyl sites for hydroxylation is 1. The number of H-pyrrole nitrogens is 1. The minimum absolute atomic E-state index is 0.00717. The smallest absolute Gasteiger partial charge is 0.330 e. The first-order chi connectivity index (χ1) is 13.7. The number of nitrogens with zero attached hydrogens (tertiary/aromatic N) is 2. The van der Waals surface area contributed by atoms with Gasteiger partial charge in [0.05, 0.1) is 0 Å².